The number of anilines is 1. The van der Waals surface area contributed by atoms with Crippen LogP contribution in [0.15, 0.2) is 72.9 Å². The van der Waals surface area contributed by atoms with E-state index in [2.05, 4.69) is 48.1 Å². The molecule has 1 amide bonds. The summed E-state index contributed by atoms with van der Waals surface area (Å²) in [6, 6.07) is 22.3. The Hall–Kier alpha value is -3.53. The standard InChI is InChI=1S/C27H28N2O2/c1-18-13-14-20(15-19(18)2)28-27(30)16-23(22-10-6-8-12-26(22)31-4)24-17-29(3)25-11-7-5-9-21(24)25/h5-15,17,23H,16H2,1-4H3,(H,28,30). The van der Waals surface area contributed by atoms with Gasteiger partial charge in [-0.25, -0.2) is 0 Å². The summed E-state index contributed by atoms with van der Waals surface area (Å²) in [5, 5.41) is 4.24. The number of nitrogens with zero attached hydrogens (tertiary/aromatic N) is 1. The molecule has 1 heterocycles. The molecule has 1 atom stereocenters. The number of amides is 1. The van der Waals surface area contributed by atoms with Gasteiger partial charge < -0.3 is 14.6 Å². The van der Waals surface area contributed by atoms with Gasteiger partial charge in [0.2, 0.25) is 5.91 Å². The molecule has 0 aliphatic rings. The van der Waals surface area contributed by atoms with Crippen LogP contribution in [-0.4, -0.2) is 17.6 Å². The fourth-order valence-electron chi connectivity index (χ4n) is 4.21. The van der Waals surface area contributed by atoms with Crippen LogP contribution in [-0.2, 0) is 11.8 Å². The lowest BCUT2D eigenvalue weighted by atomic mass is 9.87. The van der Waals surface area contributed by atoms with Crippen molar-refractivity contribution in [3.05, 3.63) is 95.2 Å². The van der Waals surface area contributed by atoms with E-state index in [4.69, 9.17) is 4.74 Å². The number of nitrogens with one attached hydrogen (secondary N) is 1. The van der Waals surface area contributed by atoms with Gasteiger partial charge in [0.25, 0.3) is 0 Å². The Balaban J connectivity index is 1.73. The van der Waals surface area contributed by atoms with Gasteiger partial charge in [-0.15, -0.1) is 0 Å². The third-order valence-corrected chi connectivity index (χ3v) is 6.00. The van der Waals surface area contributed by atoms with Gasteiger partial charge in [0.15, 0.2) is 0 Å². The third-order valence-electron chi connectivity index (χ3n) is 6.00. The molecular weight excluding hydrogens is 384 g/mol. The maximum absolute atomic E-state index is 13.1. The predicted octanol–water partition coefficient (Wildman–Crippen LogP) is 5.96. The molecular formula is C27H28N2O2. The maximum Gasteiger partial charge on any atom is 0.225 e. The molecule has 4 aromatic rings. The molecule has 0 radical (unpaired) electrons. The van der Waals surface area contributed by atoms with Crippen LogP contribution < -0.4 is 10.1 Å². The van der Waals surface area contributed by atoms with Gasteiger partial charge in [0.05, 0.1) is 7.11 Å². The minimum absolute atomic E-state index is 0.0212. The van der Waals surface area contributed by atoms with E-state index in [1.807, 2.05) is 55.6 Å². The number of para-hydroxylation sites is 2. The number of aryl methyl sites for hydroxylation is 3. The van der Waals surface area contributed by atoms with Gasteiger partial charge in [-0.3, -0.25) is 4.79 Å². The quantitative estimate of drug-likeness (QED) is 0.424. The summed E-state index contributed by atoms with van der Waals surface area (Å²) in [6.45, 7) is 4.12. The molecule has 0 bridgehead atoms. The number of hydrogen-bond donors (Lipinski definition) is 1. The fourth-order valence-corrected chi connectivity index (χ4v) is 4.21. The number of carbonyl (C=O) groups excluding carboxylic acids is 1. The molecule has 0 spiro atoms. The summed E-state index contributed by atoms with van der Waals surface area (Å²) in [6.07, 6.45) is 2.45. The van der Waals surface area contributed by atoms with Gasteiger partial charge in [0.1, 0.15) is 5.75 Å². The highest BCUT2D eigenvalue weighted by Crippen LogP contribution is 2.38. The first-order valence-corrected chi connectivity index (χ1v) is 10.5. The minimum Gasteiger partial charge on any atom is -0.496 e. The molecule has 0 saturated carbocycles. The van der Waals surface area contributed by atoms with Crippen molar-refractivity contribution in [2.24, 2.45) is 7.05 Å². The lowest BCUT2D eigenvalue weighted by Crippen LogP contribution is -2.17. The first kappa shape index (κ1) is 20.7. The molecule has 0 saturated heterocycles. The Labute approximate surface area is 183 Å². The van der Waals surface area contributed by atoms with E-state index in [1.54, 1.807) is 7.11 Å². The van der Waals surface area contributed by atoms with E-state index >= 15 is 0 Å². The zero-order valence-electron chi connectivity index (χ0n) is 18.5. The van der Waals surface area contributed by atoms with E-state index in [1.165, 1.54) is 5.56 Å². The van der Waals surface area contributed by atoms with E-state index in [0.29, 0.717) is 6.42 Å². The van der Waals surface area contributed by atoms with Crippen LogP contribution in [0, 0.1) is 13.8 Å². The summed E-state index contributed by atoms with van der Waals surface area (Å²) < 4.78 is 7.78. The Bertz CT molecular complexity index is 1240. The Kier molecular flexibility index (Phi) is 5.81. The third kappa shape index (κ3) is 4.19. The van der Waals surface area contributed by atoms with Gasteiger partial charge in [-0.05, 0) is 54.8 Å². The van der Waals surface area contributed by atoms with Crippen molar-refractivity contribution in [2.75, 3.05) is 12.4 Å². The largest absolute Gasteiger partial charge is 0.496 e. The van der Waals surface area contributed by atoms with Crippen molar-refractivity contribution in [3.63, 3.8) is 0 Å². The number of aromatic nitrogens is 1. The molecule has 4 rings (SSSR count). The highest BCUT2D eigenvalue weighted by molar-refractivity contribution is 5.93. The van der Waals surface area contributed by atoms with E-state index in [-0.39, 0.29) is 11.8 Å². The van der Waals surface area contributed by atoms with Crippen molar-refractivity contribution >= 4 is 22.5 Å². The number of hydrogen-bond acceptors (Lipinski definition) is 2. The lowest BCUT2D eigenvalue weighted by molar-refractivity contribution is -0.116. The maximum atomic E-state index is 13.1. The van der Waals surface area contributed by atoms with Gasteiger partial charge in [-0.2, -0.15) is 0 Å². The molecule has 0 aliphatic carbocycles. The van der Waals surface area contributed by atoms with Crippen LogP contribution in [0.3, 0.4) is 0 Å². The summed E-state index contributed by atoms with van der Waals surface area (Å²) in [4.78, 5) is 13.1. The molecule has 1 unspecified atom stereocenters. The van der Waals surface area contributed by atoms with Crippen LogP contribution in [0.4, 0.5) is 5.69 Å². The molecule has 4 nitrogen and oxygen atoms in total. The first-order valence-electron chi connectivity index (χ1n) is 10.5. The van der Waals surface area contributed by atoms with E-state index in [9.17, 15) is 4.79 Å². The molecule has 0 aliphatic heterocycles. The average Bonchev–Trinajstić information content (AvgIpc) is 3.11. The van der Waals surface area contributed by atoms with Crippen molar-refractivity contribution in [3.8, 4) is 5.75 Å². The van der Waals surface area contributed by atoms with Crippen molar-refractivity contribution in [1.29, 1.82) is 0 Å². The number of methoxy groups -OCH3 is 1. The van der Waals surface area contributed by atoms with E-state index in [0.717, 1.165) is 39.0 Å². The number of fused-ring (bicyclic) bond motifs is 1. The van der Waals surface area contributed by atoms with Gasteiger partial charge >= 0.3 is 0 Å². The zero-order valence-corrected chi connectivity index (χ0v) is 18.5. The zero-order chi connectivity index (χ0) is 22.0. The Morgan fingerprint density at radius 1 is 0.968 bits per heavy atom. The molecule has 0 fully saturated rings. The smallest absolute Gasteiger partial charge is 0.225 e. The lowest BCUT2D eigenvalue weighted by Gasteiger charge is -2.20. The normalized spacial score (nSPS) is 12.0. The van der Waals surface area contributed by atoms with Crippen molar-refractivity contribution in [2.45, 2.75) is 26.2 Å². The van der Waals surface area contributed by atoms with Crippen LogP contribution in [0.1, 0.15) is 34.6 Å². The van der Waals surface area contributed by atoms with Crippen LogP contribution in [0.5, 0.6) is 5.75 Å². The summed E-state index contributed by atoms with van der Waals surface area (Å²) in [7, 11) is 3.72. The number of ether oxygens (including phenoxy) is 1. The summed E-state index contributed by atoms with van der Waals surface area (Å²) in [5.74, 6) is 0.639. The highest BCUT2D eigenvalue weighted by atomic mass is 16.5. The van der Waals surface area contributed by atoms with Crippen molar-refractivity contribution < 1.29 is 9.53 Å². The second-order valence-corrected chi connectivity index (χ2v) is 8.06. The van der Waals surface area contributed by atoms with Crippen LogP contribution >= 0.6 is 0 Å². The molecule has 1 aromatic heterocycles. The SMILES string of the molecule is COc1ccccc1C(CC(=O)Nc1ccc(C)c(C)c1)c1cn(C)c2ccccc12. The Morgan fingerprint density at radius 3 is 2.48 bits per heavy atom. The molecule has 4 heteroatoms. The fraction of sp³-hybridized carbons (Fsp3) is 0.222. The second kappa shape index (κ2) is 8.68. The van der Waals surface area contributed by atoms with Gasteiger partial charge in [-0.1, -0.05) is 42.5 Å². The van der Waals surface area contributed by atoms with Crippen molar-refractivity contribution in [1.82, 2.24) is 4.57 Å². The topological polar surface area (TPSA) is 43.3 Å². The second-order valence-electron chi connectivity index (χ2n) is 8.06. The molecule has 31 heavy (non-hydrogen) atoms. The number of rotatable bonds is 6. The average molecular weight is 413 g/mol. The van der Waals surface area contributed by atoms with E-state index < -0.39 is 0 Å². The number of carbonyl (C=O) groups is 1. The predicted molar refractivity (Wildman–Crippen MR) is 127 cm³/mol. The summed E-state index contributed by atoms with van der Waals surface area (Å²) in [5.41, 5.74) is 6.47. The van der Waals surface area contributed by atoms with Crippen LogP contribution in [0.2, 0.25) is 0 Å². The number of benzene rings is 3. The highest BCUT2D eigenvalue weighted by Gasteiger charge is 2.25. The Morgan fingerprint density at radius 2 is 1.71 bits per heavy atom. The molecule has 3 aromatic carbocycles. The monoisotopic (exact) mass is 412 g/mol. The minimum atomic E-state index is -0.131. The molecule has 1 N–H and O–H groups in total. The first-order chi connectivity index (χ1) is 15.0. The molecule has 158 valence electrons. The summed E-state index contributed by atoms with van der Waals surface area (Å²) >= 11 is 0. The van der Waals surface area contributed by atoms with Gasteiger partial charge in [0, 0.05) is 47.7 Å². The van der Waals surface area contributed by atoms with Crippen LogP contribution in [0.25, 0.3) is 10.9 Å².